The smallest absolute Gasteiger partial charge is 0.340 e. The van der Waals surface area contributed by atoms with Crippen molar-refractivity contribution in [2.24, 2.45) is 0 Å². The van der Waals surface area contributed by atoms with Gasteiger partial charge in [0.15, 0.2) is 6.61 Å². The van der Waals surface area contributed by atoms with E-state index < -0.39 is 5.97 Å². The second-order valence-electron chi connectivity index (χ2n) is 4.20. The molecule has 21 heavy (non-hydrogen) atoms. The number of carbonyl (C=O) groups is 1. The van der Waals surface area contributed by atoms with Crippen LogP contribution in [0.2, 0.25) is 0 Å². The molecular formula is C15H11N3O3. The molecule has 3 rings (SSSR count). The third-order valence-corrected chi connectivity index (χ3v) is 2.72. The maximum Gasteiger partial charge on any atom is 0.340 e. The largest absolute Gasteiger partial charge is 0.452 e. The summed E-state index contributed by atoms with van der Waals surface area (Å²) in [6.45, 7) is -0.0758. The normalized spacial score (nSPS) is 10.3. The van der Waals surface area contributed by atoms with Crippen molar-refractivity contribution < 1.29 is 14.1 Å². The zero-order chi connectivity index (χ0) is 14.5. The highest BCUT2D eigenvalue weighted by Crippen LogP contribution is 2.15. The van der Waals surface area contributed by atoms with Crippen molar-refractivity contribution in [1.82, 2.24) is 15.1 Å². The predicted molar refractivity (Wildman–Crippen MR) is 73.1 cm³/mol. The van der Waals surface area contributed by atoms with E-state index in [9.17, 15) is 4.79 Å². The first kappa shape index (κ1) is 13.0. The van der Waals surface area contributed by atoms with Crippen LogP contribution in [0.3, 0.4) is 0 Å². The van der Waals surface area contributed by atoms with Gasteiger partial charge in [0.2, 0.25) is 5.82 Å². The van der Waals surface area contributed by atoms with Crippen molar-refractivity contribution in [2.75, 3.05) is 0 Å². The average molecular weight is 281 g/mol. The molecule has 0 unspecified atom stereocenters. The molecule has 0 saturated heterocycles. The summed E-state index contributed by atoms with van der Waals surface area (Å²) in [5, 5.41) is 3.85. The van der Waals surface area contributed by atoms with Gasteiger partial charge in [-0.05, 0) is 12.1 Å². The standard InChI is InChI=1S/C15H11N3O3/c19-15(12-7-4-8-16-9-12)20-10-13-17-14(18-21-13)11-5-2-1-3-6-11/h1-9H,10H2. The number of esters is 1. The number of hydrogen-bond acceptors (Lipinski definition) is 6. The van der Waals surface area contributed by atoms with Gasteiger partial charge >= 0.3 is 5.97 Å². The van der Waals surface area contributed by atoms with E-state index >= 15 is 0 Å². The van der Waals surface area contributed by atoms with Gasteiger partial charge in [-0.1, -0.05) is 35.5 Å². The Balaban J connectivity index is 1.64. The van der Waals surface area contributed by atoms with Crippen LogP contribution in [0.1, 0.15) is 16.2 Å². The second kappa shape index (κ2) is 5.96. The maximum absolute atomic E-state index is 11.7. The third kappa shape index (κ3) is 3.11. The van der Waals surface area contributed by atoms with E-state index in [1.807, 2.05) is 30.3 Å². The second-order valence-corrected chi connectivity index (χ2v) is 4.20. The summed E-state index contributed by atoms with van der Waals surface area (Å²) in [4.78, 5) is 19.8. The first-order valence-electron chi connectivity index (χ1n) is 6.28. The highest BCUT2D eigenvalue weighted by atomic mass is 16.6. The van der Waals surface area contributed by atoms with Crippen LogP contribution < -0.4 is 0 Å². The van der Waals surface area contributed by atoms with Crippen molar-refractivity contribution in [2.45, 2.75) is 6.61 Å². The predicted octanol–water partition coefficient (Wildman–Crippen LogP) is 2.49. The average Bonchev–Trinajstić information content (AvgIpc) is 3.03. The minimum Gasteiger partial charge on any atom is -0.452 e. The van der Waals surface area contributed by atoms with Crippen LogP contribution in [0.25, 0.3) is 11.4 Å². The van der Waals surface area contributed by atoms with Crippen LogP contribution in [0.15, 0.2) is 59.4 Å². The van der Waals surface area contributed by atoms with Gasteiger partial charge < -0.3 is 9.26 Å². The molecule has 3 aromatic rings. The first-order chi connectivity index (χ1) is 10.3. The van der Waals surface area contributed by atoms with Gasteiger partial charge in [-0.2, -0.15) is 4.98 Å². The molecule has 0 atom stereocenters. The SMILES string of the molecule is O=C(OCc1nc(-c2ccccc2)no1)c1cccnc1. The molecule has 6 nitrogen and oxygen atoms in total. The van der Waals surface area contributed by atoms with Crippen LogP contribution in [-0.2, 0) is 11.3 Å². The number of ether oxygens (including phenoxy) is 1. The summed E-state index contributed by atoms with van der Waals surface area (Å²) in [5.41, 5.74) is 1.21. The lowest BCUT2D eigenvalue weighted by Gasteiger charge is -2.00. The van der Waals surface area contributed by atoms with E-state index in [1.165, 1.54) is 6.20 Å². The fraction of sp³-hybridized carbons (Fsp3) is 0.0667. The number of hydrogen-bond donors (Lipinski definition) is 0. The number of carbonyl (C=O) groups excluding carboxylic acids is 1. The Labute approximate surface area is 120 Å². The van der Waals surface area contributed by atoms with Crippen LogP contribution in [0.4, 0.5) is 0 Å². The van der Waals surface area contributed by atoms with E-state index in [2.05, 4.69) is 15.1 Å². The molecule has 0 amide bonds. The molecule has 104 valence electrons. The molecule has 2 aromatic heterocycles. The number of nitrogens with zero attached hydrogens (tertiary/aromatic N) is 3. The number of benzene rings is 1. The van der Waals surface area contributed by atoms with Crippen LogP contribution in [-0.4, -0.2) is 21.1 Å². The summed E-state index contributed by atoms with van der Waals surface area (Å²) in [6.07, 6.45) is 3.02. The molecule has 0 fully saturated rings. The number of aromatic nitrogens is 3. The van der Waals surface area contributed by atoms with Crippen molar-refractivity contribution in [3.05, 3.63) is 66.3 Å². The van der Waals surface area contributed by atoms with E-state index in [1.54, 1.807) is 18.3 Å². The van der Waals surface area contributed by atoms with Crippen molar-refractivity contribution >= 4 is 5.97 Å². The fourth-order valence-corrected chi connectivity index (χ4v) is 1.71. The van der Waals surface area contributed by atoms with E-state index in [0.717, 1.165) is 5.56 Å². The molecule has 0 aliphatic rings. The summed E-state index contributed by atoms with van der Waals surface area (Å²) >= 11 is 0. The Bertz CT molecular complexity index is 726. The Morgan fingerprint density at radius 2 is 2.00 bits per heavy atom. The monoisotopic (exact) mass is 281 g/mol. The highest BCUT2D eigenvalue weighted by Gasteiger charge is 2.12. The minimum absolute atomic E-state index is 0.0758. The van der Waals surface area contributed by atoms with E-state index in [-0.39, 0.29) is 12.5 Å². The summed E-state index contributed by atoms with van der Waals surface area (Å²) in [6, 6.07) is 12.7. The van der Waals surface area contributed by atoms with Gasteiger partial charge in [0.1, 0.15) is 0 Å². The molecule has 2 heterocycles. The lowest BCUT2D eigenvalue weighted by Crippen LogP contribution is -2.05. The van der Waals surface area contributed by atoms with Gasteiger partial charge in [0.25, 0.3) is 5.89 Å². The van der Waals surface area contributed by atoms with Crippen LogP contribution in [0, 0.1) is 0 Å². The molecule has 0 aliphatic carbocycles. The highest BCUT2D eigenvalue weighted by molar-refractivity contribution is 5.88. The lowest BCUT2D eigenvalue weighted by molar-refractivity contribution is 0.0429. The minimum atomic E-state index is -0.484. The molecule has 0 aliphatic heterocycles. The summed E-state index contributed by atoms with van der Waals surface area (Å²) in [7, 11) is 0. The first-order valence-corrected chi connectivity index (χ1v) is 6.28. The van der Waals surface area contributed by atoms with Gasteiger partial charge in [-0.3, -0.25) is 4.98 Å². The molecule has 0 radical (unpaired) electrons. The van der Waals surface area contributed by atoms with Gasteiger partial charge in [-0.15, -0.1) is 0 Å². The molecule has 6 heteroatoms. The topological polar surface area (TPSA) is 78.1 Å². The molecule has 0 spiro atoms. The fourth-order valence-electron chi connectivity index (χ4n) is 1.71. The van der Waals surface area contributed by atoms with Gasteiger partial charge in [0, 0.05) is 18.0 Å². The van der Waals surface area contributed by atoms with Gasteiger partial charge in [-0.25, -0.2) is 4.79 Å². The Morgan fingerprint density at radius 3 is 2.76 bits per heavy atom. The number of rotatable bonds is 4. The Hall–Kier alpha value is -3.02. The quantitative estimate of drug-likeness (QED) is 0.684. The third-order valence-electron chi connectivity index (χ3n) is 2.72. The van der Waals surface area contributed by atoms with Crippen molar-refractivity contribution in [3.63, 3.8) is 0 Å². The van der Waals surface area contributed by atoms with E-state index in [4.69, 9.17) is 9.26 Å². The maximum atomic E-state index is 11.7. The Kier molecular flexibility index (Phi) is 3.68. The number of pyridine rings is 1. The molecular weight excluding hydrogens is 270 g/mol. The zero-order valence-electron chi connectivity index (χ0n) is 11.0. The zero-order valence-corrected chi connectivity index (χ0v) is 11.0. The van der Waals surface area contributed by atoms with Crippen LogP contribution >= 0.6 is 0 Å². The lowest BCUT2D eigenvalue weighted by atomic mass is 10.2. The summed E-state index contributed by atoms with van der Waals surface area (Å²) < 4.78 is 10.1. The molecule has 0 N–H and O–H groups in total. The summed E-state index contributed by atoms with van der Waals surface area (Å²) in [5.74, 6) is 0.219. The van der Waals surface area contributed by atoms with Crippen molar-refractivity contribution in [1.29, 1.82) is 0 Å². The molecule has 0 bridgehead atoms. The van der Waals surface area contributed by atoms with Crippen molar-refractivity contribution in [3.8, 4) is 11.4 Å². The van der Waals surface area contributed by atoms with Crippen LogP contribution in [0.5, 0.6) is 0 Å². The van der Waals surface area contributed by atoms with E-state index in [0.29, 0.717) is 11.4 Å². The molecule has 0 saturated carbocycles. The molecule has 1 aromatic carbocycles. The Morgan fingerprint density at radius 1 is 1.14 bits per heavy atom. The van der Waals surface area contributed by atoms with Gasteiger partial charge in [0.05, 0.1) is 5.56 Å².